The molecular weight excluding hydrogens is 253 g/mol. The van der Waals surface area contributed by atoms with Gasteiger partial charge in [0.1, 0.15) is 0 Å². The van der Waals surface area contributed by atoms with Crippen LogP contribution in [-0.2, 0) is 12.7 Å². The van der Waals surface area contributed by atoms with E-state index in [1.165, 1.54) is 12.1 Å². The molecule has 0 radical (unpaired) electrons. The average molecular weight is 266 g/mol. The number of hydrogen-bond acceptors (Lipinski definition) is 2. The number of halogens is 3. The summed E-state index contributed by atoms with van der Waals surface area (Å²) in [5.74, 6) is 0. The van der Waals surface area contributed by atoms with Gasteiger partial charge in [-0.3, -0.25) is 4.98 Å². The Morgan fingerprint density at radius 1 is 1.16 bits per heavy atom. The summed E-state index contributed by atoms with van der Waals surface area (Å²) < 4.78 is 38.4. The second kappa shape index (κ2) is 5.30. The number of anilines is 1. The van der Waals surface area contributed by atoms with E-state index in [-0.39, 0.29) is 12.1 Å². The maximum Gasteiger partial charge on any atom is 0.416 e. The van der Waals surface area contributed by atoms with Gasteiger partial charge in [-0.25, -0.2) is 0 Å². The summed E-state index contributed by atoms with van der Waals surface area (Å²) in [7, 11) is 0. The van der Waals surface area contributed by atoms with Gasteiger partial charge >= 0.3 is 6.18 Å². The lowest BCUT2D eigenvalue weighted by molar-refractivity contribution is -0.138. The first-order chi connectivity index (χ1) is 8.98. The molecule has 0 aliphatic carbocycles. The van der Waals surface area contributed by atoms with Crippen molar-refractivity contribution in [1.82, 2.24) is 4.98 Å². The molecule has 0 fully saturated rings. The summed E-state index contributed by atoms with van der Waals surface area (Å²) in [6.07, 6.45) is -1.06. The third-order valence-electron chi connectivity index (χ3n) is 2.81. The van der Waals surface area contributed by atoms with Gasteiger partial charge < -0.3 is 5.32 Å². The van der Waals surface area contributed by atoms with Crippen molar-refractivity contribution in [3.8, 4) is 0 Å². The van der Waals surface area contributed by atoms with Crippen molar-refractivity contribution in [2.24, 2.45) is 0 Å². The highest BCUT2D eigenvalue weighted by atomic mass is 19.4. The van der Waals surface area contributed by atoms with Gasteiger partial charge in [0.15, 0.2) is 0 Å². The second-order valence-electron chi connectivity index (χ2n) is 4.20. The van der Waals surface area contributed by atoms with E-state index in [1.807, 2.05) is 6.92 Å². The molecule has 0 aliphatic rings. The molecule has 19 heavy (non-hydrogen) atoms. The first-order valence-electron chi connectivity index (χ1n) is 5.78. The predicted octanol–water partition coefficient (Wildman–Crippen LogP) is 4.02. The van der Waals surface area contributed by atoms with Crippen LogP contribution in [0.3, 0.4) is 0 Å². The number of nitrogens with zero attached hydrogens (tertiary/aromatic N) is 1. The van der Waals surface area contributed by atoms with Crippen LogP contribution in [0.4, 0.5) is 18.9 Å². The largest absolute Gasteiger partial charge is 0.416 e. The Balaban J connectivity index is 2.19. The minimum atomic E-state index is -4.33. The van der Waals surface area contributed by atoms with Crippen LogP contribution in [0.15, 0.2) is 42.7 Å². The van der Waals surface area contributed by atoms with Crippen molar-refractivity contribution in [1.29, 1.82) is 0 Å². The van der Waals surface area contributed by atoms with E-state index in [0.29, 0.717) is 0 Å². The number of benzene rings is 1. The minimum absolute atomic E-state index is 0.126. The van der Waals surface area contributed by atoms with E-state index >= 15 is 0 Å². The second-order valence-corrected chi connectivity index (χ2v) is 4.20. The summed E-state index contributed by atoms with van der Waals surface area (Å²) in [6, 6.07) is 7.31. The van der Waals surface area contributed by atoms with Gasteiger partial charge in [0.25, 0.3) is 0 Å². The summed E-state index contributed by atoms with van der Waals surface area (Å²) in [6.45, 7) is 1.98. The van der Waals surface area contributed by atoms with Crippen LogP contribution in [0.5, 0.6) is 0 Å². The van der Waals surface area contributed by atoms with Gasteiger partial charge in [0.2, 0.25) is 0 Å². The molecule has 1 aromatic carbocycles. The minimum Gasteiger partial charge on any atom is -0.381 e. The summed E-state index contributed by atoms with van der Waals surface area (Å²) >= 11 is 0. The molecule has 0 unspecified atom stereocenters. The number of hydrogen-bond donors (Lipinski definition) is 1. The molecule has 0 saturated carbocycles. The number of aromatic nitrogens is 1. The Kier molecular flexibility index (Phi) is 3.74. The molecule has 0 amide bonds. The normalized spacial score (nSPS) is 11.4. The molecule has 2 rings (SSSR count). The fourth-order valence-corrected chi connectivity index (χ4v) is 1.81. The highest BCUT2D eigenvalue weighted by Gasteiger charge is 2.32. The molecule has 2 nitrogen and oxygen atoms in total. The maximum atomic E-state index is 12.8. The fourth-order valence-electron chi connectivity index (χ4n) is 1.81. The molecule has 1 aromatic heterocycles. The molecule has 5 heteroatoms. The molecule has 2 aromatic rings. The van der Waals surface area contributed by atoms with Crippen LogP contribution in [0.1, 0.15) is 16.7 Å². The zero-order valence-electron chi connectivity index (χ0n) is 10.3. The van der Waals surface area contributed by atoms with Gasteiger partial charge in [0.05, 0.1) is 5.56 Å². The SMILES string of the molecule is Cc1cnccc1NCc1ccccc1C(F)(F)F. The molecule has 0 atom stereocenters. The topological polar surface area (TPSA) is 24.9 Å². The number of pyridine rings is 1. The van der Waals surface area contributed by atoms with E-state index in [1.54, 1.807) is 24.5 Å². The Morgan fingerprint density at radius 2 is 1.89 bits per heavy atom. The molecule has 0 bridgehead atoms. The number of aryl methyl sites for hydroxylation is 1. The number of rotatable bonds is 3. The van der Waals surface area contributed by atoms with E-state index in [2.05, 4.69) is 10.3 Å². The fraction of sp³-hybridized carbons (Fsp3) is 0.214. The molecule has 1 heterocycles. The Bertz CT molecular complexity index is 565. The highest BCUT2D eigenvalue weighted by molar-refractivity contribution is 5.49. The molecule has 0 aliphatic heterocycles. The van der Waals surface area contributed by atoms with Crippen LogP contribution in [0.2, 0.25) is 0 Å². The van der Waals surface area contributed by atoms with Gasteiger partial charge in [-0.2, -0.15) is 13.2 Å². The Morgan fingerprint density at radius 3 is 2.58 bits per heavy atom. The third-order valence-corrected chi connectivity index (χ3v) is 2.81. The summed E-state index contributed by atoms with van der Waals surface area (Å²) in [5.41, 5.74) is 1.30. The number of alkyl halides is 3. The van der Waals surface area contributed by atoms with Crippen LogP contribution in [0.25, 0.3) is 0 Å². The van der Waals surface area contributed by atoms with Crippen molar-refractivity contribution in [2.45, 2.75) is 19.6 Å². The van der Waals surface area contributed by atoms with Crippen molar-refractivity contribution < 1.29 is 13.2 Å². The first kappa shape index (κ1) is 13.4. The van der Waals surface area contributed by atoms with Gasteiger partial charge in [-0.1, -0.05) is 18.2 Å². The van der Waals surface area contributed by atoms with E-state index < -0.39 is 11.7 Å². The smallest absolute Gasteiger partial charge is 0.381 e. The maximum absolute atomic E-state index is 12.8. The lowest BCUT2D eigenvalue weighted by Crippen LogP contribution is -2.12. The van der Waals surface area contributed by atoms with Gasteiger partial charge in [-0.05, 0) is 30.2 Å². The van der Waals surface area contributed by atoms with Crippen molar-refractivity contribution in [3.63, 3.8) is 0 Å². The zero-order valence-corrected chi connectivity index (χ0v) is 10.3. The average Bonchev–Trinajstić information content (AvgIpc) is 2.37. The Hall–Kier alpha value is -2.04. The Labute approximate surface area is 109 Å². The van der Waals surface area contributed by atoms with Gasteiger partial charge in [-0.15, -0.1) is 0 Å². The lowest BCUT2D eigenvalue weighted by Gasteiger charge is -2.14. The highest BCUT2D eigenvalue weighted by Crippen LogP contribution is 2.32. The van der Waals surface area contributed by atoms with E-state index in [4.69, 9.17) is 0 Å². The summed E-state index contributed by atoms with van der Waals surface area (Å²) in [5, 5.41) is 3.00. The first-order valence-corrected chi connectivity index (χ1v) is 5.78. The van der Waals surface area contributed by atoms with Crippen molar-refractivity contribution in [2.75, 3.05) is 5.32 Å². The predicted molar refractivity (Wildman–Crippen MR) is 67.7 cm³/mol. The zero-order chi connectivity index (χ0) is 13.9. The van der Waals surface area contributed by atoms with Crippen LogP contribution in [0, 0.1) is 6.92 Å². The van der Waals surface area contributed by atoms with Crippen LogP contribution in [-0.4, -0.2) is 4.98 Å². The third kappa shape index (κ3) is 3.24. The molecule has 0 saturated heterocycles. The van der Waals surface area contributed by atoms with Crippen molar-refractivity contribution >= 4 is 5.69 Å². The molecule has 1 N–H and O–H groups in total. The monoisotopic (exact) mass is 266 g/mol. The van der Waals surface area contributed by atoms with Gasteiger partial charge in [0, 0.05) is 24.6 Å². The summed E-state index contributed by atoms with van der Waals surface area (Å²) in [4.78, 5) is 3.94. The number of nitrogens with one attached hydrogen (secondary N) is 1. The molecular formula is C14H13F3N2. The van der Waals surface area contributed by atoms with Crippen LogP contribution < -0.4 is 5.32 Å². The lowest BCUT2D eigenvalue weighted by atomic mass is 10.1. The molecule has 100 valence electrons. The standard InChI is InChI=1S/C14H13F3N2/c1-10-8-18-7-6-13(10)19-9-11-4-2-3-5-12(11)14(15,16)17/h2-8H,9H2,1H3,(H,18,19). The van der Waals surface area contributed by atoms with Crippen LogP contribution >= 0.6 is 0 Å². The quantitative estimate of drug-likeness (QED) is 0.907. The molecule has 0 spiro atoms. The van der Waals surface area contributed by atoms with E-state index in [0.717, 1.165) is 17.3 Å². The van der Waals surface area contributed by atoms with Crippen molar-refractivity contribution in [3.05, 3.63) is 59.4 Å². The van der Waals surface area contributed by atoms with E-state index in [9.17, 15) is 13.2 Å².